The summed E-state index contributed by atoms with van der Waals surface area (Å²) in [4.78, 5) is 11.4. The quantitative estimate of drug-likeness (QED) is 0.402. The van der Waals surface area contributed by atoms with Gasteiger partial charge in [-0.15, -0.1) is 0 Å². The molecule has 0 amide bonds. The van der Waals surface area contributed by atoms with Crippen LogP contribution in [0, 0.1) is 5.41 Å². The lowest BCUT2D eigenvalue weighted by Crippen LogP contribution is -2.21. The first-order valence-electron chi connectivity index (χ1n) is 4.83. The van der Waals surface area contributed by atoms with Gasteiger partial charge >= 0.3 is 0 Å². The van der Waals surface area contributed by atoms with Crippen LogP contribution in [-0.2, 0) is 4.79 Å². The summed E-state index contributed by atoms with van der Waals surface area (Å²) >= 11 is 0. The average molecular weight is 220 g/mol. The van der Waals surface area contributed by atoms with Gasteiger partial charge in [0.2, 0.25) is 0 Å². The molecule has 0 saturated heterocycles. The highest BCUT2D eigenvalue weighted by Gasteiger charge is 1.89. The van der Waals surface area contributed by atoms with Crippen LogP contribution >= 0.6 is 0 Å². The number of nitrogens with two attached hydrogens (primary N) is 2. The van der Waals surface area contributed by atoms with Crippen LogP contribution in [0.1, 0.15) is 27.7 Å². The van der Waals surface area contributed by atoms with Gasteiger partial charge in [-0.25, -0.2) is 0 Å². The molecule has 0 aromatic rings. The summed E-state index contributed by atoms with van der Waals surface area (Å²) < 4.78 is 0. The average Bonchev–Trinajstić information content (AvgIpc) is 2.05. The molecule has 0 rings (SSSR count). The second kappa shape index (κ2) is 15.2. The topological polar surface area (TPSA) is 116 Å². The van der Waals surface area contributed by atoms with Crippen molar-refractivity contribution in [2.24, 2.45) is 11.5 Å². The molecule has 0 saturated carbocycles. The largest absolute Gasteiger partial charge is 0.481 e. The van der Waals surface area contributed by atoms with E-state index in [2.05, 4.69) is 37.1 Å². The summed E-state index contributed by atoms with van der Waals surface area (Å²) in [6.45, 7) is 11.2. The van der Waals surface area contributed by atoms with E-state index in [9.17, 15) is 0 Å². The van der Waals surface area contributed by atoms with Crippen LogP contribution in [-0.4, -0.2) is 41.6 Å². The van der Waals surface area contributed by atoms with Gasteiger partial charge in [0, 0.05) is 6.92 Å². The van der Waals surface area contributed by atoms with Crippen molar-refractivity contribution in [3.8, 4) is 0 Å². The molecule has 0 atom stereocenters. The maximum atomic E-state index is 9.00. The van der Waals surface area contributed by atoms with Gasteiger partial charge in [-0.05, 0) is 19.6 Å². The first-order valence-corrected chi connectivity index (χ1v) is 4.83. The number of carboxylic acids is 1. The summed E-state index contributed by atoms with van der Waals surface area (Å²) in [7, 11) is 0. The highest BCUT2D eigenvalue weighted by molar-refractivity contribution is 5.71. The monoisotopic (exact) mass is 220 g/mol. The van der Waals surface area contributed by atoms with Gasteiger partial charge < -0.3 is 21.5 Å². The number of rotatable bonds is 3. The standard InChI is InChI=1S/C6H15N.C2H4O2.CH5N3/c1-4-7(5-2)6-3;1-2(3)4;2-1(3)4/h4-6H2,1-3H3;1H3,(H,3,4);(H5,2,3,4). The van der Waals surface area contributed by atoms with Crippen LogP contribution in [0.3, 0.4) is 0 Å². The molecule has 0 fully saturated rings. The van der Waals surface area contributed by atoms with Gasteiger partial charge in [0.1, 0.15) is 0 Å². The predicted molar refractivity (Wildman–Crippen MR) is 62.9 cm³/mol. The Labute approximate surface area is 91.8 Å². The van der Waals surface area contributed by atoms with E-state index in [1.807, 2.05) is 0 Å². The van der Waals surface area contributed by atoms with Crippen LogP contribution in [0.2, 0.25) is 0 Å². The molecular formula is C9H24N4O2. The van der Waals surface area contributed by atoms with Gasteiger partial charge in [-0.1, -0.05) is 20.8 Å². The summed E-state index contributed by atoms with van der Waals surface area (Å²) in [5, 5.41) is 13.5. The van der Waals surface area contributed by atoms with E-state index in [0.717, 1.165) is 6.92 Å². The van der Waals surface area contributed by atoms with E-state index in [-0.39, 0.29) is 5.96 Å². The maximum Gasteiger partial charge on any atom is 0.300 e. The van der Waals surface area contributed by atoms with Crippen molar-refractivity contribution in [3.63, 3.8) is 0 Å². The molecule has 6 nitrogen and oxygen atoms in total. The van der Waals surface area contributed by atoms with E-state index in [1.54, 1.807) is 0 Å². The Morgan fingerprint density at radius 1 is 1.20 bits per heavy atom. The second-order valence-electron chi connectivity index (χ2n) is 2.59. The molecule has 0 aliphatic carbocycles. The van der Waals surface area contributed by atoms with Crippen molar-refractivity contribution in [2.45, 2.75) is 27.7 Å². The Morgan fingerprint density at radius 2 is 1.33 bits per heavy atom. The maximum absolute atomic E-state index is 9.00. The van der Waals surface area contributed by atoms with Crippen molar-refractivity contribution >= 4 is 11.9 Å². The van der Waals surface area contributed by atoms with Crippen molar-refractivity contribution < 1.29 is 9.90 Å². The van der Waals surface area contributed by atoms with Gasteiger partial charge in [-0.3, -0.25) is 10.2 Å². The van der Waals surface area contributed by atoms with Crippen LogP contribution in [0.5, 0.6) is 0 Å². The highest BCUT2D eigenvalue weighted by atomic mass is 16.4. The number of carbonyl (C=O) groups is 1. The fourth-order valence-corrected chi connectivity index (χ4v) is 0.671. The molecule has 0 radical (unpaired) electrons. The predicted octanol–water partition coefficient (Wildman–Crippen LogP) is 0.278. The molecule has 0 aromatic heterocycles. The molecule has 0 bridgehead atoms. The van der Waals surface area contributed by atoms with Gasteiger partial charge in [0.05, 0.1) is 0 Å². The molecule has 0 aromatic carbocycles. The van der Waals surface area contributed by atoms with Gasteiger partial charge in [0.25, 0.3) is 5.97 Å². The fraction of sp³-hybridized carbons (Fsp3) is 0.778. The Kier molecular flexibility index (Phi) is 19.5. The fourth-order valence-electron chi connectivity index (χ4n) is 0.671. The van der Waals surface area contributed by atoms with E-state index in [0.29, 0.717) is 0 Å². The van der Waals surface area contributed by atoms with Crippen molar-refractivity contribution in [1.29, 1.82) is 5.41 Å². The minimum absolute atomic E-state index is 0.333. The lowest BCUT2D eigenvalue weighted by atomic mass is 10.5. The first kappa shape index (κ1) is 19.3. The lowest BCUT2D eigenvalue weighted by Gasteiger charge is -2.13. The molecule has 6 heteroatoms. The van der Waals surface area contributed by atoms with Crippen LogP contribution in [0.4, 0.5) is 0 Å². The lowest BCUT2D eigenvalue weighted by molar-refractivity contribution is -0.134. The Morgan fingerprint density at radius 3 is 1.33 bits per heavy atom. The zero-order valence-electron chi connectivity index (χ0n) is 10.1. The Hall–Kier alpha value is -1.30. The zero-order chi connectivity index (χ0) is 12.9. The van der Waals surface area contributed by atoms with Crippen LogP contribution in [0.25, 0.3) is 0 Å². The minimum atomic E-state index is -0.833. The summed E-state index contributed by atoms with van der Waals surface area (Å²) in [5.74, 6) is -1.17. The number of guanidine groups is 1. The first-order chi connectivity index (χ1) is 6.81. The van der Waals surface area contributed by atoms with Crippen LogP contribution < -0.4 is 11.5 Å². The molecule has 15 heavy (non-hydrogen) atoms. The number of hydrogen-bond donors (Lipinski definition) is 4. The van der Waals surface area contributed by atoms with Crippen molar-refractivity contribution in [3.05, 3.63) is 0 Å². The molecule has 0 aliphatic rings. The normalized spacial score (nSPS) is 8.07. The number of hydrogen-bond acceptors (Lipinski definition) is 3. The number of aliphatic carboxylic acids is 1. The highest BCUT2D eigenvalue weighted by Crippen LogP contribution is 1.81. The zero-order valence-corrected chi connectivity index (χ0v) is 10.1. The number of carboxylic acid groups (broad SMARTS) is 1. The summed E-state index contributed by atoms with van der Waals surface area (Å²) in [5.41, 5.74) is 8.94. The molecule has 0 aliphatic heterocycles. The van der Waals surface area contributed by atoms with E-state index >= 15 is 0 Å². The minimum Gasteiger partial charge on any atom is -0.481 e. The Bertz CT molecular complexity index is 133. The third kappa shape index (κ3) is 65.8. The third-order valence-corrected chi connectivity index (χ3v) is 1.34. The Balaban J connectivity index is -0.000000155. The molecular weight excluding hydrogens is 196 g/mol. The second-order valence-corrected chi connectivity index (χ2v) is 2.59. The van der Waals surface area contributed by atoms with Crippen molar-refractivity contribution in [1.82, 2.24) is 4.90 Å². The van der Waals surface area contributed by atoms with Crippen LogP contribution in [0.15, 0.2) is 0 Å². The van der Waals surface area contributed by atoms with E-state index < -0.39 is 5.97 Å². The molecule has 6 N–H and O–H groups in total. The van der Waals surface area contributed by atoms with Gasteiger partial charge in [0.15, 0.2) is 5.96 Å². The molecule has 0 heterocycles. The number of nitrogens with zero attached hydrogens (tertiary/aromatic N) is 1. The van der Waals surface area contributed by atoms with Crippen molar-refractivity contribution in [2.75, 3.05) is 19.6 Å². The molecule has 0 spiro atoms. The summed E-state index contributed by atoms with van der Waals surface area (Å²) in [6, 6.07) is 0. The van der Waals surface area contributed by atoms with E-state index in [4.69, 9.17) is 15.3 Å². The van der Waals surface area contributed by atoms with E-state index in [1.165, 1.54) is 19.6 Å². The SMILES string of the molecule is CC(=O)O.CCN(CC)CC.N=C(N)N. The smallest absolute Gasteiger partial charge is 0.300 e. The molecule has 92 valence electrons. The third-order valence-electron chi connectivity index (χ3n) is 1.34. The summed E-state index contributed by atoms with van der Waals surface area (Å²) in [6.07, 6.45) is 0. The number of nitrogens with one attached hydrogen (secondary N) is 1. The van der Waals surface area contributed by atoms with Gasteiger partial charge in [-0.2, -0.15) is 0 Å². The molecule has 0 unspecified atom stereocenters.